The number of aryl methyl sites for hydroxylation is 2. The zero-order valence-electron chi connectivity index (χ0n) is 13.1. The average Bonchev–Trinajstić information content (AvgIpc) is 2.52. The molecule has 0 atom stereocenters. The number of ether oxygens (including phenoxy) is 1. The van der Waals surface area contributed by atoms with Crippen molar-refractivity contribution < 1.29 is 14.5 Å². The molecule has 2 rings (SSSR count). The number of rotatable bonds is 5. The summed E-state index contributed by atoms with van der Waals surface area (Å²) < 4.78 is 5.43. The molecular formula is C16H16ClN3O4. The van der Waals surface area contributed by atoms with Crippen LogP contribution < -0.4 is 15.4 Å². The van der Waals surface area contributed by atoms with Gasteiger partial charge in [0.15, 0.2) is 6.73 Å². The van der Waals surface area contributed by atoms with Crippen molar-refractivity contribution in [1.82, 2.24) is 5.32 Å². The topological polar surface area (TPSA) is 93.5 Å². The maximum Gasteiger partial charge on any atom is 0.321 e. The number of halogens is 1. The van der Waals surface area contributed by atoms with Crippen molar-refractivity contribution in [3.05, 3.63) is 62.7 Å². The molecule has 0 aliphatic rings. The van der Waals surface area contributed by atoms with Crippen LogP contribution in [0.5, 0.6) is 5.75 Å². The number of benzene rings is 2. The van der Waals surface area contributed by atoms with Gasteiger partial charge >= 0.3 is 6.03 Å². The third-order valence-electron chi connectivity index (χ3n) is 3.35. The first-order chi connectivity index (χ1) is 11.4. The Kier molecular flexibility index (Phi) is 5.59. The Hall–Kier alpha value is -2.80. The van der Waals surface area contributed by atoms with E-state index in [1.165, 1.54) is 18.2 Å². The minimum Gasteiger partial charge on any atom is -0.473 e. The predicted octanol–water partition coefficient (Wildman–Crippen LogP) is 4.02. The van der Waals surface area contributed by atoms with Gasteiger partial charge in [-0.3, -0.25) is 10.1 Å². The van der Waals surface area contributed by atoms with E-state index in [-0.39, 0.29) is 23.1 Å². The summed E-state index contributed by atoms with van der Waals surface area (Å²) in [6.07, 6.45) is 0. The number of urea groups is 1. The first-order valence-corrected chi connectivity index (χ1v) is 7.43. The summed E-state index contributed by atoms with van der Waals surface area (Å²) in [5.41, 5.74) is 2.22. The summed E-state index contributed by atoms with van der Waals surface area (Å²) in [6, 6.07) is 9.07. The Labute approximate surface area is 143 Å². The van der Waals surface area contributed by atoms with Crippen molar-refractivity contribution in [2.45, 2.75) is 13.8 Å². The quantitative estimate of drug-likeness (QED) is 0.484. The van der Waals surface area contributed by atoms with Gasteiger partial charge in [-0.2, -0.15) is 0 Å². The molecule has 0 aliphatic heterocycles. The molecule has 0 spiro atoms. The minimum atomic E-state index is -0.617. The van der Waals surface area contributed by atoms with Crippen LogP contribution in [-0.4, -0.2) is 17.7 Å². The van der Waals surface area contributed by atoms with Crippen LogP contribution in [0.15, 0.2) is 36.4 Å². The largest absolute Gasteiger partial charge is 0.473 e. The summed E-state index contributed by atoms with van der Waals surface area (Å²) in [4.78, 5) is 22.0. The monoisotopic (exact) mass is 349 g/mol. The van der Waals surface area contributed by atoms with E-state index in [1.54, 1.807) is 0 Å². The first kappa shape index (κ1) is 17.6. The number of amides is 2. The van der Waals surface area contributed by atoms with E-state index >= 15 is 0 Å². The van der Waals surface area contributed by atoms with Crippen molar-refractivity contribution in [3.8, 4) is 5.75 Å². The first-order valence-electron chi connectivity index (χ1n) is 7.05. The maximum absolute atomic E-state index is 11.8. The van der Waals surface area contributed by atoms with E-state index in [9.17, 15) is 14.9 Å². The van der Waals surface area contributed by atoms with Gasteiger partial charge in [0.05, 0.1) is 4.92 Å². The fraction of sp³-hybridized carbons (Fsp3) is 0.188. The standard InChI is InChI=1S/C16H16ClN3O4/c1-10-3-5-13(7-11(10)2)24-9-18-16(21)19-12-4-6-14(17)15(8-12)20(22)23/h3-8H,9H2,1-2H3,(H2,18,19,21). The zero-order valence-corrected chi connectivity index (χ0v) is 13.9. The van der Waals surface area contributed by atoms with Gasteiger partial charge in [-0.25, -0.2) is 4.79 Å². The fourth-order valence-electron chi connectivity index (χ4n) is 1.89. The molecule has 0 saturated heterocycles. The highest BCUT2D eigenvalue weighted by molar-refractivity contribution is 6.32. The van der Waals surface area contributed by atoms with Gasteiger partial charge in [0.2, 0.25) is 0 Å². The highest BCUT2D eigenvalue weighted by Gasteiger charge is 2.13. The molecule has 0 aliphatic carbocycles. The smallest absolute Gasteiger partial charge is 0.321 e. The van der Waals surface area contributed by atoms with Crippen LogP contribution in [0.2, 0.25) is 5.02 Å². The van der Waals surface area contributed by atoms with Gasteiger partial charge in [0.1, 0.15) is 10.8 Å². The molecule has 2 amide bonds. The van der Waals surface area contributed by atoms with E-state index in [2.05, 4.69) is 10.6 Å². The Morgan fingerprint density at radius 2 is 1.96 bits per heavy atom. The van der Waals surface area contributed by atoms with Gasteiger partial charge < -0.3 is 15.4 Å². The van der Waals surface area contributed by atoms with Crippen molar-refractivity contribution >= 4 is 29.0 Å². The molecule has 0 unspecified atom stereocenters. The number of nitro benzene ring substituents is 1. The number of carbonyl (C=O) groups excluding carboxylic acids is 1. The molecular weight excluding hydrogens is 334 g/mol. The molecule has 2 aromatic carbocycles. The molecule has 24 heavy (non-hydrogen) atoms. The highest BCUT2D eigenvalue weighted by Crippen LogP contribution is 2.27. The van der Waals surface area contributed by atoms with Crippen LogP contribution in [-0.2, 0) is 0 Å². The van der Waals surface area contributed by atoms with Crippen LogP contribution in [0.1, 0.15) is 11.1 Å². The van der Waals surface area contributed by atoms with Crippen LogP contribution in [0.3, 0.4) is 0 Å². The third-order valence-corrected chi connectivity index (χ3v) is 3.67. The number of hydrogen-bond acceptors (Lipinski definition) is 4. The Morgan fingerprint density at radius 3 is 2.62 bits per heavy atom. The lowest BCUT2D eigenvalue weighted by molar-refractivity contribution is -0.384. The van der Waals surface area contributed by atoms with Crippen LogP contribution in [0, 0.1) is 24.0 Å². The number of nitrogens with one attached hydrogen (secondary N) is 2. The van der Waals surface area contributed by atoms with Crippen LogP contribution >= 0.6 is 11.6 Å². The van der Waals surface area contributed by atoms with Gasteiger partial charge in [-0.1, -0.05) is 17.7 Å². The summed E-state index contributed by atoms with van der Waals surface area (Å²) in [5, 5.41) is 15.8. The van der Waals surface area contributed by atoms with Crippen molar-refractivity contribution in [2.75, 3.05) is 12.0 Å². The predicted molar refractivity (Wildman–Crippen MR) is 91.7 cm³/mol. The van der Waals surface area contributed by atoms with Gasteiger partial charge in [-0.15, -0.1) is 0 Å². The van der Waals surface area contributed by atoms with E-state index in [0.717, 1.165) is 11.1 Å². The highest BCUT2D eigenvalue weighted by atomic mass is 35.5. The number of anilines is 1. The number of hydrogen-bond donors (Lipinski definition) is 2. The molecule has 0 saturated carbocycles. The van der Waals surface area contributed by atoms with E-state index < -0.39 is 11.0 Å². The van der Waals surface area contributed by atoms with Crippen molar-refractivity contribution in [1.29, 1.82) is 0 Å². The fourth-order valence-corrected chi connectivity index (χ4v) is 2.08. The molecule has 7 nitrogen and oxygen atoms in total. The molecule has 126 valence electrons. The van der Waals surface area contributed by atoms with Crippen molar-refractivity contribution in [3.63, 3.8) is 0 Å². The molecule has 0 heterocycles. The third kappa shape index (κ3) is 4.60. The molecule has 0 fully saturated rings. The Bertz CT molecular complexity index is 780. The van der Waals surface area contributed by atoms with E-state index in [4.69, 9.17) is 16.3 Å². The molecule has 2 N–H and O–H groups in total. The second kappa shape index (κ2) is 7.65. The summed E-state index contributed by atoms with van der Waals surface area (Å²) >= 11 is 5.71. The van der Waals surface area contributed by atoms with Crippen molar-refractivity contribution in [2.24, 2.45) is 0 Å². The molecule has 0 aromatic heterocycles. The molecule has 8 heteroatoms. The normalized spacial score (nSPS) is 10.1. The Balaban J connectivity index is 1.88. The number of nitro groups is 1. The zero-order chi connectivity index (χ0) is 17.7. The van der Waals surface area contributed by atoms with Gasteiger partial charge in [0, 0.05) is 11.8 Å². The summed E-state index contributed by atoms with van der Waals surface area (Å²) in [5.74, 6) is 0.639. The lowest BCUT2D eigenvalue weighted by atomic mass is 10.1. The minimum absolute atomic E-state index is 0.00373. The molecule has 2 aromatic rings. The van der Waals surface area contributed by atoms with Crippen LogP contribution in [0.4, 0.5) is 16.2 Å². The Morgan fingerprint density at radius 1 is 1.21 bits per heavy atom. The molecule has 0 bridgehead atoms. The SMILES string of the molecule is Cc1ccc(OCNC(=O)Nc2ccc(Cl)c([N+](=O)[O-])c2)cc1C. The second-order valence-electron chi connectivity index (χ2n) is 5.09. The molecule has 0 radical (unpaired) electrons. The van der Waals surface area contributed by atoms with E-state index in [1.807, 2.05) is 32.0 Å². The number of carbonyl (C=O) groups is 1. The second-order valence-corrected chi connectivity index (χ2v) is 5.50. The van der Waals surface area contributed by atoms with Gasteiger partial charge in [0.25, 0.3) is 5.69 Å². The lowest BCUT2D eigenvalue weighted by Crippen LogP contribution is -2.32. The lowest BCUT2D eigenvalue weighted by Gasteiger charge is -2.10. The summed E-state index contributed by atoms with van der Waals surface area (Å²) in [7, 11) is 0. The van der Waals surface area contributed by atoms with E-state index in [0.29, 0.717) is 5.75 Å². The summed E-state index contributed by atoms with van der Waals surface area (Å²) in [6.45, 7) is 3.93. The maximum atomic E-state index is 11.8. The van der Waals surface area contributed by atoms with Crippen LogP contribution in [0.25, 0.3) is 0 Å². The number of nitrogens with zero attached hydrogens (tertiary/aromatic N) is 1. The average molecular weight is 350 g/mol. The van der Waals surface area contributed by atoms with Gasteiger partial charge in [-0.05, 0) is 49.2 Å².